The summed E-state index contributed by atoms with van der Waals surface area (Å²) in [4.78, 5) is 12.6. The van der Waals surface area contributed by atoms with Crippen molar-refractivity contribution >= 4 is 5.97 Å². The van der Waals surface area contributed by atoms with Gasteiger partial charge in [-0.2, -0.15) is 5.26 Å². The van der Waals surface area contributed by atoms with E-state index in [2.05, 4.69) is 32.0 Å². The molecule has 0 aliphatic heterocycles. The van der Waals surface area contributed by atoms with Crippen LogP contribution in [0, 0.1) is 22.7 Å². The molecule has 160 valence electrons. The van der Waals surface area contributed by atoms with Gasteiger partial charge in [-0.3, -0.25) is 4.79 Å². The van der Waals surface area contributed by atoms with Crippen LogP contribution < -0.4 is 4.74 Å². The number of ether oxygens (including phenoxy) is 1. The quantitative estimate of drug-likeness (QED) is 0.210. The van der Waals surface area contributed by atoms with Gasteiger partial charge in [-0.25, -0.2) is 0 Å². The Hall–Kier alpha value is -1.82. The van der Waals surface area contributed by atoms with E-state index in [4.69, 9.17) is 4.74 Å². The van der Waals surface area contributed by atoms with Crippen molar-refractivity contribution in [2.24, 2.45) is 11.3 Å². The van der Waals surface area contributed by atoms with E-state index in [1.54, 1.807) is 0 Å². The Morgan fingerprint density at radius 3 is 2.24 bits per heavy atom. The number of nitriles is 1. The predicted octanol–water partition coefficient (Wildman–Crippen LogP) is 7.39. The zero-order chi connectivity index (χ0) is 21.0. The number of nitrogens with zero attached hydrogens (tertiary/aromatic N) is 1. The highest BCUT2D eigenvalue weighted by atomic mass is 16.5. The zero-order valence-electron chi connectivity index (χ0n) is 18.5. The van der Waals surface area contributed by atoms with Gasteiger partial charge in [-0.05, 0) is 62.6 Å². The first-order valence-electron chi connectivity index (χ1n) is 11.8. The molecule has 0 N–H and O–H groups in total. The highest BCUT2D eigenvalue weighted by Gasteiger charge is 2.37. The van der Waals surface area contributed by atoms with Gasteiger partial charge in [-0.1, -0.05) is 70.9 Å². The van der Waals surface area contributed by atoms with Gasteiger partial charge in [0.15, 0.2) is 0 Å². The van der Waals surface area contributed by atoms with Gasteiger partial charge in [0.1, 0.15) is 5.75 Å². The van der Waals surface area contributed by atoms with Gasteiger partial charge in [0, 0.05) is 0 Å². The zero-order valence-corrected chi connectivity index (χ0v) is 18.5. The van der Waals surface area contributed by atoms with Crippen LogP contribution >= 0.6 is 0 Å². The van der Waals surface area contributed by atoms with Crippen LogP contribution in [0.3, 0.4) is 0 Å². The maximum absolute atomic E-state index is 12.6. The smallest absolute Gasteiger partial charge is 0.314 e. The predicted molar refractivity (Wildman–Crippen MR) is 119 cm³/mol. The number of esters is 1. The number of carbonyl (C=O) groups is 1. The van der Waals surface area contributed by atoms with Crippen LogP contribution in [-0.4, -0.2) is 5.97 Å². The lowest BCUT2D eigenvalue weighted by Gasteiger charge is -2.34. The first kappa shape index (κ1) is 23.5. The van der Waals surface area contributed by atoms with Crippen LogP contribution in [0.15, 0.2) is 24.3 Å². The number of unbranched alkanes of at least 4 members (excludes halogenated alkanes) is 6. The molecule has 1 aromatic carbocycles. The van der Waals surface area contributed by atoms with Crippen molar-refractivity contribution in [2.75, 3.05) is 0 Å². The van der Waals surface area contributed by atoms with Gasteiger partial charge in [0.2, 0.25) is 0 Å². The Kier molecular flexibility index (Phi) is 10.3. The molecule has 1 aliphatic rings. The molecule has 0 amide bonds. The number of aryl methyl sites for hydroxylation is 1. The van der Waals surface area contributed by atoms with Gasteiger partial charge < -0.3 is 4.74 Å². The number of benzene rings is 1. The third-order valence-electron chi connectivity index (χ3n) is 6.48. The second-order valence-electron chi connectivity index (χ2n) is 8.85. The summed E-state index contributed by atoms with van der Waals surface area (Å²) in [6, 6.07) is 10.6. The molecule has 0 saturated heterocycles. The third-order valence-corrected chi connectivity index (χ3v) is 6.48. The van der Waals surface area contributed by atoms with Crippen LogP contribution in [-0.2, 0) is 11.2 Å². The maximum atomic E-state index is 12.6. The Bertz CT molecular complexity index is 636. The minimum atomic E-state index is -0.219. The summed E-state index contributed by atoms with van der Waals surface area (Å²) in [5.41, 5.74) is 1.08. The largest absolute Gasteiger partial charge is 0.426 e. The van der Waals surface area contributed by atoms with Crippen molar-refractivity contribution < 1.29 is 9.53 Å². The monoisotopic (exact) mass is 397 g/mol. The number of hydrogen-bond acceptors (Lipinski definition) is 3. The van der Waals surface area contributed by atoms with Gasteiger partial charge in [0.05, 0.1) is 17.4 Å². The summed E-state index contributed by atoms with van der Waals surface area (Å²) in [6.45, 7) is 4.43. The summed E-state index contributed by atoms with van der Waals surface area (Å²) in [5.74, 6) is 0.446. The molecule has 3 heteroatoms. The van der Waals surface area contributed by atoms with Crippen molar-refractivity contribution in [3.63, 3.8) is 0 Å². The normalized spacial score (nSPS) is 21.5. The molecule has 1 saturated carbocycles. The summed E-state index contributed by atoms with van der Waals surface area (Å²) in [5, 5.41) is 9.74. The maximum Gasteiger partial charge on any atom is 0.314 e. The molecule has 0 heterocycles. The fraction of sp³-hybridized carbons (Fsp3) is 0.692. The highest BCUT2D eigenvalue weighted by molar-refractivity contribution is 5.75. The summed E-state index contributed by atoms with van der Waals surface area (Å²) in [7, 11) is 0. The standard InChI is InChI=1S/C26H39NO2/c1-3-5-7-8-10-18-26(21-27)19-16-23(17-20-26)25(28)29-24-14-12-22(13-15-24)11-9-6-4-2/h12-15,23H,3-11,16-20H2,1-2H3. The molecule has 0 unspecified atom stereocenters. The van der Waals surface area contributed by atoms with Gasteiger partial charge >= 0.3 is 5.97 Å². The Balaban J connectivity index is 1.76. The van der Waals surface area contributed by atoms with E-state index in [0.717, 1.165) is 44.9 Å². The average molecular weight is 398 g/mol. The lowest BCUT2D eigenvalue weighted by molar-refractivity contribution is -0.140. The topological polar surface area (TPSA) is 50.1 Å². The van der Waals surface area contributed by atoms with Gasteiger partial charge in [0.25, 0.3) is 0 Å². The second-order valence-corrected chi connectivity index (χ2v) is 8.85. The SMILES string of the molecule is CCCCCCCC1(C#N)CCC(C(=O)Oc2ccc(CCCCC)cc2)CC1. The van der Waals surface area contributed by atoms with Crippen LogP contribution in [0.4, 0.5) is 0 Å². The van der Waals surface area contributed by atoms with Crippen LogP contribution in [0.1, 0.15) is 103 Å². The van der Waals surface area contributed by atoms with E-state index >= 15 is 0 Å². The molecular formula is C26H39NO2. The molecule has 0 atom stereocenters. The molecule has 0 aromatic heterocycles. The summed E-state index contributed by atoms with van der Waals surface area (Å²) in [6.07, 6.45) is 15.1. The first-order chi connectivity index (χ1) is 14.1. The van der Waals surface area contributed by atoms with E-state index in [1.807, 2.05) is 12.1 Å². The molecular weight excluding hydrogens is 358 g/mol. The second kappa shape index (κ2) is 12.7. The van der Waals surface area contributed by atoms with E-state index in [0.29, 0.717) is 5.75 Å². The number of hydrogen-bond donors (Lipinski definition) is 0. The molecule has 3 nitrogen and oxygen atoms in total. The first-order valence-corrected chi connectivity index (χ1v) is 11.8. The van der Waals surface area contributed by atoms with Crippen molar-refractivity contribution in [3.8, 4) is 11.8 Å². The fourth-order valence-electron chi connectivity index (χ4n) is 4.39. The van der Waals surface area contributed by atoms with Crippen molar-refractivity contribution in [3.05, 3.63) is 29.8 Å². The van der Waals surface area contributed by atoms with Crippen LogP contribution in [0.25, 0.3) is 0 Å². The Labute approximate surface area is 177 Å². The van der Waals surface area contributed by atoms with Crippen molar-refractivity contribution in [2.45, 2.75) is 104 Å². The number of carbonyl (C=O) groups excluding carboxylic acids is 1. The Morgan fingerprint density at radius 1 is 1.00 bits per heavy atom. The molecule has 1 aliphatic carbocycles. The molecule has 29 heavy (non-hydrogen) atoms. The van der Waals surface area contributed by atoms with Crippen LogP contribution in [0.5, 0.6) is 5.75 Å². The Morgan fingerprint density at radius 2 is 1.62 bits per heavy atom. The number of rotatable bonds is 12. The van der Waals surface area contributed by atoms with Crippen molar-refractivity contribution in [1.29, 1.82) is 5.26 Å². The molecule has 2 rings (SSSR count). The minimum Gasteiger partial charge on any atom is -0.426 e. The lowest BCUT2D eigenvalue weighted by Crippen LogP contribution is -2.31. The average Bonchev–Trinajstić information content (AvgIpc) is 2.75. The van der Waals surface area contributed by atoms with E-state index in [-0.39, 0.29) is 17.3 Å². The highest BCUT2D eigenvalue weighted by Crippen LogP contribution is 2.42. The van der Waals surface area contributed by atoms with Crippen LogP contribution in [0.2, 0.25) is 0 Å². The molecule has 0 spiro atoms. The van der Waals surface area contributed by atoms with Gasteiger partial charge in [-0.15, -0.1) is 0 Å². The minimum absolute atomic E-state index is 0.0687. The van der Waals surface area contributed by atoms with E-state index in [9.17, 15) is 10.1 Å². The molecule has 0 radical (unpaired) electrons. The lowest BCUT2D eigenvalue weighted by atomic mass is 9.69. The molecule has 1 fully saturated rings. The summed E-state index contributed by atoms with van der Waals surface area (Å²) < 4.78 is 5.64. The van der Waals surface area contributed by atoms with E-state index < -0.39 is 0 Å². The third kappa shape index (κ3) is 7.84. The fourth-order valence-corrected chi connectivity index (χ4v) is 4.39. The van der Waals surface area contributed by atoms with Crippen molar-refractivity contribution in [1.82, 2.24) is 0 Å². The van der Waals surface area contributed by atoms with E-state index in [1.165, 1.54) is 50.5 Å². The molecule has 1 aromatic rings. The summed E-state index contributed by atoms with van der Waals surface area (Å²) >= 11 is 0. The molecule has 0 bridgehead atoms.